The van der Waals surface area contributed by atoms with Crippen molar-refractivity contribution >= 4 is 24.4 Å². The maximum absolute atomic E-state index is 12.7. The van der Waals surface area contributed by atoms with Crippen LogP contribution in [0.3, 0.4) is 0 Å². The van der Waals surface area contributed by atoms with Crippen LogP contribution in [0.5, 0.6) is 0 Å². The van der Waals surface area contributed by atoms with Gasteiger partial charge in [0.25, 0.3) is 0 Å². The van der Waals surface area contributed by atoms with E-state index in [2.05, 4.69) is 24.5 Å². The predicted molar refractivity (Wildman–Crippen MR) is 184 cm³/mol. The predicted octanol–water partition coefficient (Wildman–Crippen LogP) is 10.2. The van der Waals surface area contributed by atoms with Crippen LogP contribution in [0.4, 0.5) is 4.79 Å². The summed E-state index contributed by atoms with van der Waals surface area (Å²) in [6.45, 7) is 6.20. The van der Waals surface area contributed by atoms with Crippen LogP contribution >= 0.6 is 12.4 Å². The van der Waals surface area contributed by atoms with Gasteiger partial charge >= 0.3 is 6.09 Å². The minimum absolute atomic E-state index is 0. The third-order valence-corrected chi connectivity index (χ3v) is 8.12. The van der Waals surface area contributed by atoms with E-state index in [1.54, 1.807) is 0 Å². The molecule has 2 amide bonds. The number of halogens is 1. The molecule has 0 unspecified atom stereocenters. The van der Waals surface area contributed by atoms with Crippen LogP contribution in [0.25, 0.3) is 0 Å². The summed E-state index contributed by atoms with van der Waals surface area (Å²) in [6.07, 6.45) is 32.7. The van der Waals surface area contributed by atoms with Gasteiger partial charge in [-0.05, 0) is 38.6 Å². The van der Waals surface area contributed by atoms with Crippen molar-refractivity contribution in [3.05, 3.63) is 0 Å². The Hall–Kier alpha value is -1.01. The minimum atomic E-state index is -0.548. The summed E-state index contributed by atoms with van der Waals surface area (Å²) in [5.41, 5.74) is 5.63. The van der Waals surface area contributed by atoms with Crippen LogP contribution in [0, 0.1) is 0 Å². The number of nitrogens with two attached hydrogens (primary N) is 1. The van der Waals surface area contributed by atoms with Crippen LogP contribution in [0.1, 0.15) is 187 Å². The molecular formula is C35H72ClN3O3. The quantitative estimate of drug-likeness (QED) is 0.0654. The first-order chi connectivity index (χ1) is 20.2. The maximum Gasteiger partial charge on any atom is 0.407 e. The number of alkyl carbamates (subject to hydrolysis) is 1. The number of rotatable bonds is 32. The highest BCUT2D eigenvalue weighted by Gasteiger charge is 2.20. The molecule has 0 saturated heterocycles. The summed E-state index contributed by atoms with van der Waals surface area (Å²) >= 11 is 0. The van der Waals surface area contributed by atoms with Crippen molar-refractivity contribution in [2.24, 2.45) is 5.73 Å². The molecule has 6 nitrogen and oxygen atoms in total. The Bertz CT molecular complexity index is 566. The Kier molecular flexibility index (Phi) is 37.1. The Morgan fingerprint density at radius 3 is 1.40 bits per heavy atom. The fourth-order valence-electron chi connectivity index (χ4n) is 5.35. The molecule has 252 valence electrons. The Morgan fingerprint density at radius 2 is 0.976 bits per heavy atom. The van der Waals surface area contributed by atoms with Gasteiger partial charge in [-0.2, -0.15) is 0 Å². The molecule has 0 fully saturated rings. The topological polar surface area (TPSA) is 93.4 Å². The second kappa shape index (κ2) is 36.2. The highest BCUT2D eigenvalue weighted by Crippen LogP contribution is 2.13. The SMILES string of the molecule is CCCCCCCCCCCCCCCCOC(=O)N[C@@H](CCCCN)C(=O)NCCCCCCCCCCCC.Cl. The van der Waals surface area contributed by atoms with Crippen molar-refractivity contribution in [1.29, 1.82) is 0 Å². The first-order valence-electron chi connectivity index (χ1n) is 18.1. The summed E-state index contributed by atoms with van der Waals surface area (Å²) in [5, 5.41) is 5.82. The number of ether oxygens (including phenoxy) is 1. The molecule has 0 spiro atoms. The molecule has 42 heavy (non-hydrogen) atoms. The maximum atomic E-state index is 12.7. The third kappa shape index (κ3) is 31.9. The van der Waals surface area contributed by atoms with Crippen LogP contribution in [0.15, 0.2) is 0 Å². The normalized spacial score (nSPS) is 11.6. The Balaban J connectivity index is 0. The number of carbonyl (C=O) groups excluding carboxylic acids is 2. The minimum Gasteiger partial charge on any atom is -0.450 e. The summed E-state index contributed by atoms with van der Waals surface area (Å²) in [7, 11) is 0. The third-order valence-electron chi connectivity index (χ3n) is 8.12. The van der Waals surface area contributed by atoms with Crippen molar-refractivity contribution in [3.8, 4) is 0 Å². The number of carbonyl (C=O) groups is 2. The van der Waals surface area contributed by atoms with Crippen molar-refractivity contribution in [2.75, 3.05) is 19.7 Å². The van der Waals surface area contributed by atoms with Gasteiger partial charge in [0.05, 0.1) is 6.61 Å². The van der Waals surface area contributed by atoms with E-state index in [4.69, 9.17) is 10.5 Å². The molecule has 0 radical (unpaired) electrons. The van der Waals surface area contributed by atoms with Crippen LogP contribution < -0.4 is 16.4 Å². The summed E-state index contributed by atoms with van der Waals surface area (Å²) in [4.78, 5) is 25.1. The molecule has 7 heteroatoms. The molecule has 1 atom stereocenters. The van der Waals surface area contributed by atoms with E-state index in [-0.39, 0.29) is 18.3 Å². The van der Waals surface area contributed by atoms with Crippen molar-refractivity contribution in [1.82, 2.24) is 10.6 Å². The fraction of sp³-hybridized carbons (Fsp3) is 0.943. The summed E-state index contributed by atoms with van der Waals surface area (Å²) in [5.74, 6) is -0.105. The molecule has 0 aliphatic carbocycles. The first kappa shape index (κ1) is 43.1. The summed E-state index contributed by atoms with van der Waals surface area (Å²) in [6, 6.07) is -0.548. The average Bonchev–Trinajstić information content (AvgIpc) is 2.97. The van der Waals surface area contributed by atoms with Crippen molar-refractivity contribution in [3.63, 3.8) is 0 Å². The van der Waals surface area contributed by atoms with E-state index < -0.39 is 12.1 Å². The number of hydrogen-bond acceptors (Lipinski definition) is 4. The van der Waals surface area contributed by atoms with Gasteiger partial charge < -0.3 is 21.1 Å². The molecule has 0 saturated carbocycles. The molecule has 0 aliphatic rings. The second-order valence-electron chi connectivity index (χ2n) is 12.2. The monoisotopic (exact) mass is 618 g/mol. The molecule has 4 N–H and O–H groups in total. The first-order valence-corrected chi connectivity index (χ1v) is 18.1. The van der Waals surface area contributed by atoms with Gasteiger partial charge in [-0.25, -0.2) is 4.79 Å². The van der Waals surface area contributed by atoms with Gasteiger partial charge in [-0.1, -0.05) is 155 Å². The van der Waals surface area contributed by atoms with Gasteiger partial charge in [-0.3, -0.25) is 4.79 Å². The van der Waals surface area contributed by atoms with Crippen molar-refractivity contribution in [2.45, 2.75) is 193 Å². The lowest BCUT2D eigenvalue weighted by Gasteiger charge is -2.18. The van der Waals surface area contributed by atoms with E-state index in [0.717, 1.165) is 38.5 Å². The Labute approximate surface area is 267 Å². The Morgan fingerprint density at radius 1 is 0.571 bits per heavy atom. The largest absolute Gasteiger partial charge is 0.450 e. The standard InChI is InChI=1S/C35H71N3O3.ClH/c1-3-5-7-9-11-13-15-16-17-18-20-22-24-28-32-41-35(40)38-33(29-25-26-30-36)34(39)37-31-27-23-21-19-14-12-10-8-6-4-2;/h33H,3-32,36H2,1-2H3,(H,37,39)(H,38,40);1H/t33-;/m0./s1. The van der Waals surface area contributed by atoms with Crippen molar-refractivity contribution < 1.29 is 14.3 Å². The van der Waals surface area contributed by atoms with Gasteiger partial charge in [0.1, 0.15) is 6.04 Å². The van der Waals surface area contributed by atoms with Crippen LogP contribution in [-0.2, 0) is 9.53 Å². The number of hydrogen-bond donors (Lipinski definition) is 3. The average molecular weight is 618 g/mol. The molecule has 0 aliphatic heterocycles. The summed E-state index contributed by atoms with van der Waals surface area (Å²) < 4.78 is 5.39. The molecule has 0 aromatic heterocycles. The lowest BCUT2D eigenvalue weighted by atomic mass is 10.0. The molecule has 0 aromatic rings. The molecule has 0 rings (SSSR count). The van der Waals surface area contributed by atoms with E-state index in [9.17, 15) is 9.59 Å². The molecular weight excluding hydrogens is 546 g/mol. The number of nitrogens with one attached hydrogen (secondary N) is 2. The molecule has 0 bridgehead atoms. The van der Waals surface area contributed by atoms with Gasteiger partial charge in [0.2, 0.25) is 5.91 Å². The van der Waals surface area contributed by atoms with E-state index >= 15 is 0 Å². The van der Waals surface area contributed by atoms with Gasteiger partial charge in [0.15, 0.2) is 0 Å². The van der Waals surface area contributed by atoms with E-state index in [1.165, 1.54) is 128 Å². The van der Waals surface area contributed by atoms with Gasteiger partial charge in [0, 0.05) is 6.54 Å². The fourth-order valence-corrected chi connectivity index (χ4v) is 5.35. The zero-order chi connectivity index (χ0) is 30.1. The van der Waals surface area contributed by atoms with Crippen LogP contribution in [0.2, 0.25) is 0 Å². The van der Waals surface area contributed by atoms with Gasteiger partial charge in [-0.15, -0.1) is 12.4 Å². The number of amides is 2. The highest BCUT2D eigenvalue weighted by atomic mass is 35.5. The zero-order valence-electron chi connectivity index (χ0n) is 28.0. The molecule has 0 heterocycles. The van der Waals surface area contributed by atoms with Crippen LogP contribution in [-0.4, -0.2) is 37.7 Å². The smallest absolute Gasteiger partial charge is 0.407 e. The number of unbranched alkanes of at least 4 members (excludes halogenated alkanes) is 23. The van der Waals surface area contributed by atoms with E-state index in [0.29, 0.717) is 26.1 Å². The highest BCUT2D eigenvalue weighted by molar-refractivity contribution is 5.85. The second-order valence-corrected chi connectivity index (χ2v) is 12.2. The lowest BCUT2D eigenvalue weighted by Crippen LogP contribution is -2.47. The van der Waals surface area contributed by atoms with E-state index in [1.807, 2.05) is 0 Å². The molecule has 0 aromatic carbocycles. The lowest BCUT2D eigenvalue weighted by molar-refractivity contribution is -0.123. The zero-order valence-corrected chi connectivity index (χ0v) is 28.8.